The fourth-order valence-electron chi connectivity index (χ4n) is 2.33. The van der Waals surface area contributed by atoms with E-state index < -0.39 is 5.82 Å². The summed E-state index contributed by atoms with van der Waals surface area (Å²) in [4.78, 5) is 8.44. The average molecular weight is 278 g/mol. The second kappa shape index (κ2) is 4.52. The Balaban J connectivity index is 1.97. The van der Waals surface area contributed by atoms with E-state index in [4.69, 9.17) is 5.73 Å². The molecule has 2 aromatic rings. The second-order valence-corrected chi connectivity index (χ2v) is 6.52. The Morgan fingerprint density at radius 1 is 1.47 bits per heavy atom. The molecule has 0 bridgehead atoms. The molecule has 2 aromatic heterocycles. The highest BCUT2D eigenvalue weighted by Crippen LogP contribution is 2.45. The minimum atomic E-state index is -0.437. The van der Waals surface area contributed by atoms with Gasteiger partial charge in [0, 0.05) is 12.3 Å². The topological polar surface area (TPSA) is 56.7 Å². The SMILES string of the molecule is CC1(c2cn(-c3ncc(N)cc3F)cn2)CCCS1. The van der Waals surface area contributed by atoms with Crippen LogP contribution in [0.2, 0.25) is 0 Å². The predicted octanol–water partition coefficient (Wildman–Crippen LogP) is 2.73. The fraction of sp³-hybridized carbons (Fsp3) is 0.385. The third-order valence-corrected chi connectivity index (χ3v) is 4.97. The molecule has 0 radical (unpaired) electrons. The molecule has 1 fully saturated rings. The monoisotopic (exact) mass is 278 g/mol. The third-order valence-electron chi connectivity index (χ3n) is 3.43. The molecule has 1 aliphatic rings. The van der Waals surface area contributed by atoms with Crippen molar-refractivity contribution in [1.29, 1.82) is 0 Å². The normalized spacial score (nSPS) is 22.8. The first-order chi connectivity index (χ1) is 9.08. The van der Waals surface area contributed by atoms with Gasteiger partial charge in [0.25, 0.3) is 0 Å². The summed E-state index contributed by atoms with van der Waals surface area (Å²) in [5.41, 5.74) is 6.80. The number of pyridine rings is 1. The quantitative estimate of drug-likeness (QED) is 0.917. The molecule has 6 heteroatoms. The van der Waals surface area contributed by atoms with Crippen LogP contribution in [0.1, 0.15) is 25.5 Å². The number of aromatic nitrogens is 3. The van der Waals surface area contributed by atoms with Gasteiger partial charge in [0.1, 0.15) is 6.33 Å². The molecule has 0 aromatic carbocycles. The van der Waals surface area contributed by atoms with Crippen LogP contribution in [0.4, 0.5) is 10.1 Å². The highest BCUT2D eigenvalue weighted by molar-refractivity contribution is 8.00. The first-order valence-corrected chi connectivity index (χ1v) is 7.17. The predicted molar refractivity (Wildman–Crippen MR) is 74.8 cm³/mol. The molecule has 3 heterocycles. The number of nitrogen functional groups attached to an aromatic ring is 1. The van der Waals surface area contributed by atoms with Crippen molar-refractivity contribution in [3.8, 4) is 5.82 Å². The van der Waals surface area contributed by atoms with Crippen LogP contribution in [-0.2, 0) is 4.75 Å². The van der Waals surface area contributed by atoms with Gasteiger partial charge in [-0.3, -0.25) is 4.57 Å². The minimum Gasteiger partial charge on any atom is -0.397 e. The number of thioether (sulfide) groups is 1. The molecule has 19 heavy (non-hydrogen) atoms. The van der Waals surface area contributed by atoms with Gasteiger partial charge >= 0.3 is 0 Å². The molecular formula is C13H15FN4S. The Kier molecular flexibility index (Phi) is 2.97. The van der Waals surface area contributed by atoms with E-state index >= 15 is 0 Å². The summed E-state index contributed by atoms with van der Waals surface area (Å²) < 4.78 is 15.5. The third kappa shape index (κ3) is 2.20. The molecule has 1 unspecified atom stereocenters. The number of hydrogen-bond donors (Lipinski definition) is 1. The van der Waals surface area contributed by atoms with Gasteiger partial charge in [-0.25, -0.2) is 14.4 Å². The molecule has 1 saturated heterocycles. The lowest BCUT2D eigenvalue weighted by Crippen LogP contribution is -2.13. The summed E-state index contributed by atoms with van der Waals surface area (Å²) in [5, 5.41) is 0. The van der Waals surface area contributed by atoms with Crippen LogP contribution in [0.15, 0.2) is 24.8 Å². The van der Waals surface area contributed by atoms with E-state index in [9.17, 15) is 4.39 Å². The van der Waals surface area contributed by atoms with E-state index in [0.29, 0.717) is 5.69 Å². The van der Waals surface area contributed by atoms with Crippen LogP contribution in [0.3, 0.4) is 0 Å². The second-order valence-electron chi connectivity index (χ2n) is 4.92. The Morgan fingerprint density at radius 2 is 2.32 bits per heavy atom. The minimum absolute atomic E-state index is 0.0372. The molecule has 0 saturated carbocycles. The molecule has 100 valence electrons. The Labute approximate surface area is 115 Å². The lowest BCUT2D eigenvalue weighted by molar-refractivity contribution is 0.609. The van der Waals surface area contributed by atoms with Crippen molar-refractivity contribution in [2.45, 2.75) is 24.5 Å². The van der Waals surface area contributed by atoms with Gasteiger partial charge in [-0.15, -0.1) is 11.8 Å². The molecular weight excluding hydrogens is 263 g/mol. The maximum atomic E-state index is 13.8. The van der Waals surface area contributed by atoms with Crippen LogP contribution >= 0.6 is 11.8 Å². The zero-order valence-corrected chi connectivity index (χ0v) is 11.5. The summed E-state index contributed by atoms with van der Waals surface area (Å²) in [6, 6.07) is 1.27. The van der Waals surface area contributed by atoms with Gasteiger partial charge in [0.15, 0.2) is 11.6 Å². The van der Waals surface area contributed by atoms with Crippen molar-refractivity contribution in [3.05, 3.63) is 36.3 Å². The van der Waals surface area contributed by atoms with Gasteiger partial charge in [-0.05, 0) is 25.5 Å². The van der Waals surface area contributed by atoms with Crippen LogP contribution in [0, 0.1) is 5.82 Å². The Bertz CT molecular complexity index is 604. The van der Waals surface area contributed by atoms with Crippen molar-refractivity contribution in [2.24, 2.45) is 0 Å². The molecule has 0 aliphatic carbocycles. The molecule has 1 aliphatic heterocycles. The first-order valence-electron chi connectivity index (χ1n) is 6.18. The number of nitrogens with zero attached hydrogens (tertiary/aromatic N) is 3. The largest absolute Gasteiger partial charge is 0.397 e. The van der Waals surface area contributed by atoms with E-state index in [0.717, 1.165) is 17.9 Å². The zero-order chi connectivity index (χ0) is 13.5. The van der Waals surface area contributed by atoms with Gasteiger partial charge in [-0.2, -0.15) is 0 Å². The van der Waals surface area contributed by atoms with Gasteiger partial charge < -0.3 is 5.73 Å². The number of imidazole rings is 1. The molecule has 1 atom stereocenters. The van der Waals surface area contributed by atoms with Crippen LogP contribution < -0.4 is 5.73 Å². The Hall–Kier alpha value is -1.56. The average Bonchev–Trinajstić information content (AvgIpc) is 2.99. The van der Waals surface area contributed by atoms with E-state index in [2.05, 4.69) is 16.9 Å². The molecule has 0 spiro atoms. The van der Waals surface area contributed by atoms with Crippen LogP contribution in [-0.4, -0.2) is 20.3 Å². The molecule has 2 N–H and O–H groups in total. The van der Waals surface area contributed by atoms with E-state index in [1.54, 1.807) is 10.9 Å². The highest BCUT2D eigenvalue weighted by atomic mass is 32.2. The molecule has 4 nitrogen and oxygen atoms in total. The summed E-state index contributed by atoms with van der Waals surface area (Å²) in [6.07, 6.45) is 7.22. The maximum Gasteiger partial charge on any atom is 0.174 e. The van der Waals surface area contributed by atoms with Crippen molar-refractivity contribution >= 4 is 17.4 Å². The summed E-state index contributed by atoms with van der Waals surface area (Å²) in [6.45, 7) is 2.18. The van der Waals surface area contributed by atoms with Gasteiger partial charge in [0.05, 0.1) is 22.3 Å². The summed E-state index contributed by atoms with van der Waals surface area (Å²) in [5.74, 6) is 0.949. The Morgan fingerprint density at radius 3 is 3.00 bits per heavy atom. The number of rotatable bonds is 2. The summed E-state index contributed by atoms with van der Waals surface area (Å²) >= 11 is 1.90. The number of hydrogen-bond acceptors (Lipinski definition) is 4. The number of halogens is 1. The van der Waals surface area contributed by atoms with Crippen LogP contribution in [0.25, 0.3) is 5.82 Å². The fourth-order valence-corrected chi connectivity index (χ4v) is 3.61. The van der Waals surface area contributed by atoms with Crippen LogP contribution in [0.5, 0.6) is 0 Å². The number of anilines is 1. The van der Waals surface area contributed by atoms with E-state index in [1.165, 1.54) is 18.7 Å². The first kappa shape index (κ1) is 12.5. The van der Waals surface area contributed by atoms with Gasteiger partial charge in [0.2, 0.25) is 0 Å². The van der Waals surface area contributed by atoms with Crippen molar-refractivity contribution in [1.82, 2.24) is 14.5 Å². The van der Waals surface area contributed by atoms with E-state index in [-0.39, 0.29) is 10.6 Å². The molecule has 3 rings (SSSR count). The van der Waals surface area contributed by atoms with Crippen molar-refractivity contribution in [2.75, 3.05) is 11.5 Å². The molecule has 0 amide bonds. The maximum absolute atomic E-state index is 13.8. The smallest absolute Gasteiger partial charge is 0.174 e. The van der Waals surface area contributed by atoms with E-state index in [1.807, 2.05) is 18.0 Å². The summed E-state index contributed by atoms with van der Waals surface area (Å²) in [7, 11) is 0. The van der Waals surface area contributed by atoms with Crippen molar-refractivity contribution < 1.29 is 4.39 Å². The standard InChI is InChI=1S/C13H15FN4S/c1-13(3-2-4-19-13)11-7-18(8-17-11)12-10(14)5-9(15)6-16-12/h5-8H,2-4,15H2,1H3. The lowest BCUT2D eigenvalue weighted by Gasteiger charge is -2.19. The lowest BCUT2D eigenvalue weighted by atomic mass is 10.0. The highest BCUT2D eigenvalue weighted by Gasteiger charge is 2.33. The van der Waals surface area contributed by atoms with Gasteiger partial charge in [-0.1, -0.05) is 0 Å². The zero-order valence-electron chi connectivity index (χ0n) is 10.6. The number of nitrogens with two attached hydrogens (primary N) is 1. The van der Waals surface area contributed by atoms with Crippen molar-refractivity contribution in [3.63, 3.8) is 0 Å².